The van der Waals surface area contributed by atoms with Crippen LogP contribution in [0, 0.1) is 6.92 Å². The Balaban J connectivity index is 1.71. The summed E-state index contributed by atoms with van der Waals surface area (Å²) in [5.74, 6) is 0.541. The predicted molar refractivity (Wildman–Crippen MR) is 154 cm³/mol. The van der Waals surface area contributed by atoms with E-state index >= 15 is 0 Å². The number of aryl methyl sites for hydroxylation is 2. The minimum atomic E-state index is -0.245. The Bertz CT molecular complexity index is 1470. The van der Waals surface area contributed by atoms with E-state index in [2.05, 4.69) is 28.2 Å². The maximum atomic E-state index is 13.8. The van der Waals surface area contributed by atoms with Crippen molar-refractivity contribution in [1.29, 1.82) is 0 Å². The molecule has 10 heteroatoms. The fourth-order valence-electron chi connectivity index (χ4n) is 3.77. The maximum Gasteiger partial charge on any atom is 0.267 e. The van der Waals surface area contributed by atoms with E-state index in [1.54, 1.807) is 34.1 Å². The third-order valence-corrected chi connectivity index (χ3v) is 8.44. The van der Waals surface area contributed by atoms with Crippen molar-refractivity contribution in [2.75, 3.05) is 17.7 Å². The Morgan fingerprint density at radius 3 is 2.64 bits per heavy atom. The average Bonchev–Trinajstić information content (AvgIpc) is 3.16. The van der Waals surface area contributed by atoms with Gasteiger partial charge in [-0.3, -0.25) is 14.2 Å². The Hall–Kier alpha value is -2.33. The molecule has 2 aromatic heterocycles. The van der Waals surface area contributed by atoms with E-state index in [4.69, 9.17) is 21.3 Å². The number of hydrogen-bond acceptors (Lipinski definition) is 6. The molecule has 4 rings (SSSR count). The number of rotatable bonds is 9. The molecular formula is C26H25BrClN3O3S2. The molecule has 0 unspecified atom stereocenters. The first kappa shape index (κ1) is 26.7. The predicted octanol–water partition coefficient (Wildman–Crippen LogP) is 7.25. The standard InChI is InChI=1S/C26H25BrClN3O3S2/c1-4-6-21-15(3)23-24(36-21)30-26(31(25(23)33)17-8-10-18(11-9-17)34-5-2)35-14-22(32)29-20-12-7-16(27)13-19(20)28/h7-13H,4-6,14H2,1-3H3,(H,29,32). The van der Waals surface area contributed by atoms with Gasteiger partial charge in [0.2, 0.25) is 5.91 Å². The zero-order chi connectivity index (χ0) is 25.8. The smallest absolute Gasteiger partial charge is 0.267 e. The van der Waals surface area contributed by atoms with Gasteiger partial charge in [0.25, 0.3) is 5.56 Å². The number of thioether (sulfide) groups is 1. The number of hydrogen-bond donors (Lipinski definition) is 1. The van der Waals surface area contributed by atoms with Crippen molar-refractivity contribution >= 4 is 72.4 Å². The zero-order valence-electron chi connectivity index (χ0n) is 20.1. The molecule has 0 bridgehead atoms. The molecule has 0 radical (unpaired) electrons. The molecule has 1 amide bonds. The number of fused-ring (bicyclic) bond motifs is 1. The van der Waals surface area contributed by atoms with Crippen LogP contribution in [-0.4, -0.2) is 27.8 Å². The van der Waals surface area contributed by atoms with E-state index in [-0.39, 0.29) is 17.2 Å². The Morgan fingerprint density at radius 1 is 1.22 bits per heavy atom. The fourth-order valence-corrected chi connectivity index (χ4v) is 6.62. The number of ether oxygens (including phenoxy) is 1. The summed E-state index contributed by atoms with van der Waals surface area (Å²) in [6.07, 6.45) is 1.88. The molecule has 4 aromatic rings. The molecule has 0 aliphatic heterocycles. The van der Waals surface area contributed by atoms with Crippen molar-refractivity contribution in [2.24, 2.45) is 0 Å². The molecule has 0 saturated heterocycles. The molecule has 2 aromatic carbocycles. The lowest BCUT2D eigenvalue weighted by Crippen LogP contribution is -2.23. The van der Waals surface area contributed by atoms with Crippen LogP contribution in [0.15, 0.2) is 56.9 Å². The third-order valence-electron chi connectivity index (χ3n) is 5.45. The number of benzene rings is 2. The number of aromatic nitrogens is 2. The number of thiophene rings is 1. The third kappa shape index (κ3) is 5.80. The number of carbonyl (C=O) groups is 1. The van der Waals surface area contributed by atoms with Gasteiger partial charge < -0.3 is 10.1 Å². The minimum Gasteiger partial charge on any atom is -0.494 e. The summed E-state index contributed by atoms with van der Waals surface area (Å²) in [4.78, 5) is 33.2. The molecule has 1 N–H and O–H groups in total. The van der Waals surface area contributed by atoms with Crippen LogP contribution in [0.1, 0.15) is 30.7 Å². The van der Waals surface area contributed by atoms with Gasteiger partial charge in [0.15, 0.2) is 5.16 Å². The van der Waals surface area contributed by atoms with Crippen LogP contribution in [0.5, 0.6) is 5.75 Å². The number of anilines is 1. The lowest BCUT2D eigenvalue weighted by Gasteiger charge is -2.13. The second-order valence-electron chi connectivity index (χ2n) is 8.00. The molecule has 36 heavy (non-hydrogen) atoms. The molecule has 2 heterocycles. The summed E-state index contributed by atoms with van der Waals surface area (Å²) < 4.78 is 7.96. The second-order valence-corrected chi connectivity index (χ2v) is 11.4. The Morgan fingerprint density at radius 2 is 1.97 bits per heavy atom. The van der Waals surface area contributed by atoms with E-state index < -0.39 is 0 Å². The van der Waals surface area contributed by atoms with Gasteiger partial charge in [-0.15, -0.1) is 11.3 Å². The average molecular weight is 607 g/mol. The second kappa shape index (κ2) is 11.8. The maximum absolute atomic E-state index is 13.8. The molecule has 0 saturated carbocycles. The quantitative estimate of drug-likeness (QED) is 0.160. The molecule has 0 aliphatic rings. The SMILES string of the molecule is CCCc1sc2nc(SCC(=O)Nc3ccc(Br)cc3Cl)n(-c3ccc(OCC)cc3)c(=O)c2c1C. The van der Waals surface area contributed by atoms with Crippen molar-refractivity contribution in [2.45, 2.75) is 38.8 Å². The van der Waals surface area contributed by atoms with Crippen LogP contribution < -0.4 is 15.6 Å². The summed E-state index contributed by atoms with van der Waals surface area (Å²) in [6, 6.07) is 12.6. The van der Waals surface area contributed by atoms with E-state index in [9.17, 15) is 9.59 Å². The van der Waals surface area contributed by atoms with Crippen molar-refractivity contribution in [3.05, 3.63) is 72.8 Å². The van der Waals surface area contributed by atoms with Gasteiger partial charge in [-0.1, -0.05) is 52.6 Å². The first-order valence-corrected chi connectivity index (χ1v) is 14.5. The van der Waals surface area contributed by atoms with Crippen LogP contribution >= 0.6 is 50.6 Å². The Kier molecular flexibility index (Phi) is 8.77. The van der Waals surface area contributed by atoms with Gasteiger partial charge in [-0.25, -0.2) is 4.98 Å². The van der Waals surface area contributed by atoms with Crippen molar-refractivity contribution in [3.63, 3.8) is 0 Å². The highest BCUT2D eigenvalue weighted by Crippen LogP contribution is 2.32. The van der Waals surface area contributed by atoms with Gasteiger partial charge in [-0.2, -0.15) is 0 Å². The van der Waals surface area contributed by atoms with Gasteiger partial charge in [0.05, 0.1) is 34.1 Å². The first-order valence-electron chi connectivity index (χ1n) is 11.5. The highest BCUT2D eigenvalue weighted by Gasteiger charge is 2.20. The number of amides is 1. The van der Waals surface area contributed by atoms with Crippen LogP contribution in [0.4, 0.5) is 5.69 Å². The monoisotopic (exact) mass is 605 g/mol. The highest BCUT2D eigenvalue weighted by atomic mass is 79.9. The van der Waals surface area contributed by atoms with E-state index in [1.165, 1.54) is 16.6 Å². The molecule has 0 spiro atoms. The van der Waals surface area contributed by atoms with Crippen molar-refractivity contribution in [3.8, 4) is 11.4 Å². The van der Waals surface area contributed by atoms with Gasteiger partial charge in [0.1, 0.15) is 10.6 Å². The Labute approximate surface area is 231 Å². The first-order chi connectivity index (χ1) is 17.3. The van der Waals surface area contributed by atoms with Crippen LogP contribution in [0.25, 0.3) is 15.9 Å². The van der Waals surface area contributed by atoms with E-state index in [1.807, 2.05) is 38.1 Å². The molecule has 0 fully saturated rings. The van der Waals surface area contributed by atoms with Crippen molar-refractivity contribution in [1.82, 2.24) is 9.55 Å². The number of nitrogens with zero attached hydrogens (tertiary/aromatic N) is 2. The minimum absolute atomic E-state index is 0.0630. The summed E-state index contributed by atoms with van der Waals surface area (Å²) in [6.45, 7) is 6.58. The number of nitrogens with one attached hydrogen (secondary N) is 1. The number of carbonyl (C=O) groups excluding carboxylic acids is 1. The van der Waals surface area contributed by atoms with Gasteiger partial charge in [-0.05, 0) is 68.3 Å². The van der Waals surface area contributed by atoms with Gasteiger partial charge >= 0.3 is 0 Å². The van der Waals surface area contributed by atoms with Crippen LogP contribution in [0.3, 0.4) is 0 Å². The molecule has 0 atom stereocenters. The van der Waals surface area contributed by atoms with E-state index in [0.29, 0.717) is 38.4 Å². The molecule has 0 aliphatic carbocycles. The fraction of sp³-hybridized carbons (Fsp3) is 0.269. The highest BCUT2D eigenvalue weighted by molar-refractivity contribution is 9.10. The van der Waals surface area contributed by atoms with Crippen LogP contribution in [0.2, 0.25) is 5.02 Å². The molecular weight excluding hydrogens is 582 g/mol. The summed E-state index contributed by atoms with van der Waals surface area (Å²) in [7, 11) is 0. The molecule has 188 valence electrons. The lowest BCUT2D eigenvalue weighted by atomic mass is 10.1. The van der Waals surface area contributed by atoms with Gasteiger partial charge in [0, 0.05) is 9.35 Å². The van der Waals surface area contributed by atoms with E-state index in [0.717, 1.165) is 28.6 Å². The topological polar surface area (TPSA) is 73.2 Å². The largest absolute Gasteiger partial charge is 0.494 e. The normalized spacial score (nSPS) is 11.1. The van der Waals surface area contributed by atoms with Crippen LogP contribution in [-0.2, 0) is 11.2 Å². The molecule has 6 nitrogen and oxygen atoms in total. The summed E-state index contributed by atoms with van der Waals surface area (Å²) in [5, 5.41) is 4.35. The number of halogens is 2. The lowest BCUT2D eigenvalue weighted by molar-refractivity contribution is -0.113. The van der Waals surface area contributed by atoms with Crippen molar-refractivity contribution < 1.29 is 9.53 Å². The summed E-state index contributed by atoms with van der Waals surface area (Å²) in [5.41, 5.74) is 2.03. The zero-order valence-corrected chi connectivity index (χ0v) is 24.0. The summed E-state index contributed by atoms with van der Waals surface area (Å²) >= 11 is 12.4.